The van der Waals surface area contributed by atoms with E-state index in [9.17, 15) is 9.46 Å². The number of hydrogen-bond acceptors (Lipinski definition) is 4. The summed E-state index contributed by atoms with van der Waals surface area (Å²) in [6.07, 6.45) is 22.6. The zero-order valence-electron chi connectivity index (χ0n) is 21.4. The fraction of sp³-hybridized carbons (Fsp3) is 1.00. The van der Waals surface area contributed by atoms with Crippen LogP contribution in [0.5, 0.6) is 0 Å². The molecular formula is C26H54O4P-. The lowest BCUT2D eigenvalue weighted by molar-refractivity contribution is -0.229. The molecule has 0 aromatic carbocycles. The fourth-order valence-corrected chi connectivity index (χ4v) is 5.22. The molecule has 188 valence electrons. The lowest BCUT2D eigenvalue weighted by Gasteiger charge is -2.28. The Kier molecular flexibility index (Phi) is 22.0. The molecule has 0 saturated carbocycles. The summed E-state index contributed by atoms with van der Waals surface area (Å²) in [5.74, 6) is 0.553. The van der Waals surface area contributed by atoms with Crippen LogP contribution in [0.3, 0.4) is 0 Å². The Morgan fingerprint density at radius 2 is 1.10 bits per heavy atom. The van der Waals surface area contributed by atoms with Crippen molar-refractivity contribution >= 4 is 7.82 Å². The van der Waals surface area contributed by atoms with Gasteiger partial charge in [0.05, 0.1) is 12.7 Å². The molecule has 0 amide bonds. The highest BCUT2D eigenvalue weighted by Gasteiger charge is 2.19. The van der Waals surface area contributed by atoms with E-state index in [0.717, 1.165) is 32.1 Å². The lowest BCUT2D eigenvalue weighted by Crippen LogP contribution is -2.19. The minimum atomic E-state index is -4.19. The van der Waals surface area contributed by atoms with Gasteiger partial charge in [-0.15, -0.1) is 0 Å². The van der Waals surface area contributed by atoms with E-state index in [1.54, 1.807) is 0 Å². The molecule has 0 heterocycles. The van der Waals surface area contributed by atoms with Crippen LogP contribution in [0, 0.1) is 5.92 Å². The molecule has 3 unspecified atom stereocenters. The molecule has 0 aliphatic carbocycles. The van der Waals surface area contributed by atoms with E-state index in [-0.39, 0.29) is 12.7 Å². The van der Waals surface area contributed by atoms with E-state index in [1.165, 1.54) is 89.9 Å². The zero-order chi connectivity index (χ0) is 23.2. The van der Waals surface area contributed by atoms with Gasteiger partial charge in [0.1, 0.15) is 0 Å². The highest BCUT2D eigenvalue weighted by molar-refractivity contribution is 7.45. The minimum Gasteiger partial charge on any atom is -0.756 e. The van der Waals surface area contributed by atoms with Crippen LogP contribution in [0.15, 0.2) is 0 Å². The molecule has 0 bridgehead atoms. The van der Waals surface area contributed by atoms with Crippen LogP contribution in [-0.4, -0.2) is 12.7 Å². The van der Waals surface area contributed by atoms with E-state index >= 15 is 0 Å². The van der Waals surface area contributed by atoms with Crippen LogP contribution in [-0.2, 0) is 13.6 Å². The smallest absolute Gasteiger partial charge is 0.268 e. The predicted molar refractivity (Wildman–Crippen MR) is 132 cm³/mol. The predicted octanol–water partition coefficient (Wildman–Crippen LogP) is 8.96. The molecule has 0 N–H and O–H groups in total. The summed E-state index contributed by atoms with van der Waals surface area (Å²) in [4.78, 5) is 12.2. The average molecular weight is 462 g/mol. The molecular weight excluding hydrogens is 407 g/mol. The van der Waals surface area contributed by atoms with E-state index < -0.39 is 7.82 Å². The molecule has 0 aromatic rings. The Balaban J connectivity index is 4.30. The maximum atomic E-state index is 12.2. The van der Waals surface area contributed by atoms with Crippen molar-refractivity contribution in [2.75, 3.05) is 6.61 Å². The highest BCUT2D eigenvalue weighted by Crippen LogP contribution is 2.41. The van der Waals surface area contributed by atoms with Crippen molar-refractivity contribution < 1.29 is 18.5 Å². The first kappa shape index (κ1) is 31.1. The third kappa shape index (κ3) is 21.7. The average Bonchev–Trinajstić information content (AvgIpc) is 2.72. The third-order valence-corrected chi connectivity index (χ3v) is 7.27. The normalized spacial score (nSPS) is 15.6. The molecule has 5 heteroatoms. The van der Waals surface area contributed by atoms with Gasteiger partial charge >= 0.3 is 0 Å². The second-order valence-electron chi connectivity index (χ2n) is 9.47. The van der Waals surface area contributed by atoms with Gasteiger partial charge in [-0.2, -0.15) is 0 Å². The molecule has 0 fully saturated rings. The Hall–Kier alpha value is 0.110. The molecule has 0 saturated heterocycles. The van der Waals surface area contributed by atoms with Crippen LogP contribution >= 0.6 is 7.82 Å². The maximum absolute atomic E-state index is 12.2. The Labute approximate surface area is 194 Å². The van der Waals surface area contributed by atoms with Crippen LogP contribution in [0.2, 0.25) is 0 Å². The molecule has 0 rings (SSSR count). The first-order valence-corrected chi connectivity index (χ1v) is 15.0. The molecule has 0 spiro atoms. The molecule has 3 atom stereocenters. The van der Waals surface area contributed by atoms with Crippen LogP contribution in [0.25, 0.3) is 0 Å². The summed E-state index contributed by atoms with van der Waals surface area (Å²) in [6.45, 7) is 8.77. The van der Waals surface area contributed by atoms with Gasteiger partial charge in [0, 0.05) is 0 Å². The van der Waals surface area contributed by atoms with Crippen molar-refractivity contribution in [2.45, 2.75) is 156 Å². The van der Waals surface area contributed by atoms with Crippen molar-refractivity contribution in [2.24, 2.45) is 5.92 Å². The second kappa shape index (κ2) is 21.9. The molecule has 0 aliphatic heterocycles. The third-order valence-electron chi connectivity index (χ3n) is 6.15. The largest absolute Gasteiger partial charge is 0.756 e. The van der Waals surface area contributed by atoms with Gasteiger partial charge in [-0.25, -0.2) is 0 Å². The fourth-order valence-electron chi connectivity index (χ4n) is 4.28. The number of unbranched alkanes of at least 4 members (excludes halogenated alkanes) is 13. The number of hydrogen-bond donors (Lipinski definition) is 0. The van der Waals surface area contributed by atoms with Crippen molar-refractivity contribution in [3.8, 4) is 0 Å². The van der Waals surface area contributed by atoms with Crippen LogP contribution in [0.4, 0.5) is 0 Å². The summed E-state index contributed by atoms with van der Waals surface area (Å²) in [6, 6.07) is 0. The Bertz CT molecular complexity index is 416. The molecule has 4 nitrogen and oxygen atoms in total. The van der Waals surface area contributed by atoms with Crippen molar-refractivity contribution in [1.29, 1.82) is 0 Å². The molecule has 31 heavy (non-hydrogen) atoms. The van der Waals surface area contributed by atoms with Crippen LogP contribution in [0.1, 0.15) is 150 Å². The van der Waals surface area contributed by atoms with E-state index in [1.807, 2.05) is 6.92 Å². The van der Waals surface area contributed by atoms with Gasteiger partial charge < -0.3 is 13.9 Å². The summed E-state index contributed by atoms with van der Waals surface area (Å²) in [5, 5.41) is 0. The van der Waals surface area contributed by atoms with Crippen molar-refractivity contribution in [3.05, 3.63) is 0 Å². The standard InChI is InChI=1S/C26H55O4P/c1-5-8-11-14-15-17-19-22-26(21-18-16-12-9-6-2)24-25(4)30-31(27,28)29-23-20-13-10-7-3/h25-26H,5-24H2,1-4H3,(H,27,28)/p-1. The maximum Gasteiger partial charge on any atom is 0.268 e. The van der Waals surface area contributed by atoms with Gasteiger partial charge in [-0.3, -0.25) is 4.57 Å². The van der Waals surface area contributed by atoms with Crippen molar-refractivity contribution in [1.82, 2.24) is 0 Å². The van der Waals surface area contributed by atoms with E-state index in [4.69, 9.17) is 9.05 Å². The molecule has 0 aliphatic rings. The number of rotatable bonds is 24. The Morgan fingerprint density at radius 1 is 0.677 bits per heavy atom. The number of phosphoric acid groups is 1. The first-order valence-electron chi connectivity index (χ1n) is 13.6. The topological polar surface area (TPSA) is 58.6 Å². The monoisotopic (exact) mass is 461 g/mol. The zero-order valence-corrected chi connectivity index (χ0v) is 22.3. The van der Waals surface area contributed by atoms with Gasteiger partial charge in [-0.05, 0) is 25.7 Å². The summed E-state index contributed by atoms with van der Waals surface area (Å²) in [5.41, 5.74) is 0. The van der Waals surface area contributed by atoms with Crippen molar-refractivity contribution in [3.63, 3.8) is 0 Å². The molecule has 0 radical (unpaired) electrons. The minimum absolute atomic E-state index is 0.242. The summed E-state index contributed by atoms with van der Waals surface area (Å²) >= 11 is 0. The quantitative estimate of drug-likeness (QED) is 0.106. The first-order chi connectivity index (χ1) is 14.9. The SMILES string of the molecule is CCCCCCCCCC(CCCCCCC)CC(C)OP(=O)([O-])OCCCCCC. The highest BCUT2D eigenvalue weighted by atomic mass is 31.2. The van der Waals surface area contributed by atoms with Gasteiger partial charge in [0.15, 0.2) is 0 Å². The summed E-state index contributed by atoms with van der Waals surface area (Å²) in [7, 11) is -4.19. The number of phosphoric ester groups is 1. The molecule has 0 aromatic heterocycles. The van der Waals surface area contributed by atoms with E-state index in [0.29, 0.717) is 5.92 Å². The lowest BCUT2D eigenvalue weighted by atomic mass is 9.90. The second-order valence-corrected chi connectivity index (χ2v) is 10.8. The van der Waals surface area contributed by atoms with Gasteiger partial charge in [-0.1, -0.05) is 130 Å². The Morgan fingerprint density at radius 3 is 1.58 bits per heavy atom. The summed E-state index contributed by atoms with van der Waals surface area (Å²) < 4.78 is 22.6. The van der Waals surface area contributed by atoms with Gasteiger partial charge in [0.2, 0.25) is 0 Å². The van der Waals surface area contributed by atoms with Crippen LogP contribution < -0.4 is 4.89 Å². The van der Waals surface area contributed by atoms with E-state index in [2.05, 4.69) is 20.8 Å². The van der Waals surface area contributed by atoms with Gasteiger partial charge in [0.25, 0.3) is 7.82 Å².